The molecule has 3 atom stereocenters. The summed E-state index contributed by atoms with van der Waals surface area (Å²) in [6.45, 7) is 7.44. The standard InChI is InChI=1S/C25H34N2O5S2/c1-16(2)13-19(20(24(29)27-31)15-34-22-11-8-12-33-22)23(28)26-21(25(30)32-17(3)4)14-18-9-6-5-7-10-18/h5-12,16-17,19-21,31H,13-15H2,1-4H3,(H,26,28)(H,27,29). The molecule has 0 saturated heterocycles. The van der Waals surface area contributed by atoms with Gasteiger partial charge in [-0.2, -0.15) is 0 Å². The number of carbonyl (C=O) groups is 3. The van der Waals surface area contributed by atoms with E-state index < -0.39 is 35.7 Å². The van der Waals surface area contributed by atoms with Crippen molar-refractivity contribution >= 4 is 40.9 Å². The molecule has 7 nitrogen and oxygen atoms in total. The van der Waals surface area contributed by atoms with E-state index in [1.165, 1.54) is 11.8 Å². The highest BCUT2D eigenvalue weighted by atomic mass is 32.2. The number of hydrogen-bond acceptors (Lipinski definition) is 7. The van der Waals surface area contributed by atoms with Crippen LogP contribution in [0.1, 0.15) is 39.7 Å². The van der Waals surface area contributed by atoms with Gasteiger partial charge in [-0.1, -0.05) is 50.2 Å². The topological polar surface area (TPSA) is 105 Å². The molecule has 0 aliphatic carbocycles. The normalized spacial score (nSPS) is 13.9. The summed E-state index contributed by atoms with van der Waals surface area (Å²) < 4.78 is 6.41. The number of hydrogen-bond donors (Lipinski definition) is 3. The molecule has 0 aliphatic rings. The van der Waals surface area contributed by atoms with Crippen molar-refractivity contribution in [3.8, 4) is 0 Å². The first-order valence-electron chi connectivity index (χ1n) is 11.4. The van der Waals surface area contributed by atoms with Gasteiger partial charge in [0.1, 0.15) is 6.04 Å². The van der Waals surface area contributed by atoms with Crippen molar-refractivity contribution < 1.29 is 24.3 Å². The van der Waals surface area contributed by atoms with Crippen LogP contribution < -0.4 is 10.8 Å². The third-order valence-electron chi connectivity index (χ3n) is 5.13. The van der Waals surface area contributed by atoms with Crippen LogP contribution in [0.15, 0.2) is 52.1 Å². The maximum absolute atomic E-state index is 13.5. The quantitative estimate of drug-likeness (QED) is 0.162. The van der Waals surface area contributed by atoms with Gasteiger partial charge >= 0.3 is 5.97 Å². The van der Waals surface area contributed by atoms with E-state index in [2.05, 4.69) is 5.32 Å². The zero-order valence-electron chi connectivity index (χ0n) is 20.0. The largest absolute Gasteiger partial charge is 0.461 e. The first-order valence-corrected chi connectivity index (χ1v) is 13.2. The fourth-order valence-electron chi connectivity index (χ4n) is 3.57. The number of nitrogens with one attached hydrogen (secondary N) is 2. The van der Waals surface area contributed by atoms with E-state index in [1.54, 1.807) is 30.7 Å². The molecule has 9 heteroatoms. The molecule has 1 aromatic heterocycles. The Labute approximate surface area is 209 Å². The highest BCUT2D eigenvalue weighted by molar-refractivity contribution is 8.01. The number of hydroxylamine groups is 1. The van der Waals surface area contributed by atoms with Crippen molar-refractivity contribution in [1.82, 2.24) is 10.8 Å². The van der Waals surface area contributed by atoms with Crippen LogP contribution >= 0.6 is 23.1 Å². The molecule has 0 bridgehead atoms. The van der Waals surface area contributed by atoms with Crippen LogP contribution in [0.25, 0.3) is 0 Å². The summed E-state index contributed by atoms with van der Waals surface area (Å²) in [5.74, 6) is -2.62. The Morgan fingerprint density at radius 1 is 1.00 bits per heavy atom. The van der Waals surface area contributed by atoms with Crippen molar-refractivity contribution in [2.24, 2.45) is 17.8 Å². The molecule has 0 radical (unpaired) electrons. The van der Waals surface area contributed by atoms with Crippen molar-refractivity contribution in [2.75, 3.05) is 5.75 Å². The van der Waals surface area contributed by atoms with Gasteiger partial charge in [-0.3, -0.25) is 14.8 Å². The van der Waals surface area contributed by atoms with E-state index in [1.807, 2.05) is 61.7 Å². The van der Waals surface area contributed by atoms with Gasteiger partial charge in [0, 0.05) is 12.2 Å². The molecule has 0 saturated carbocycles. The lowest BCUT2D eigenvalue weighted by Gasteiger charge is -2.28. The molecule has 0 fully saturated rings. The van der Waals surface area contributed by atoms with E-state index >= 15 is 0 Å². The summed E-state index contributed by atoms with van der Waals surface area (Å²) in [7, 11) is 0. The van der Waals surface area contributed by atoms with Gasteiger partial charge in [-0.25, -0.2) is 10.3 Å². The maximum Gasteiger partial charge on any atom is 0.329 e. The van der Waals surface area contributed by atoms with E-state index in [4.69, 9.17) is 4.74 Å². The zero-order chi connectivity index (χ0) is 25.1. The molecule has 34 heavy (non-hydrogen) atoms. The average molecular weight is 507 g/mol. The van der Waals surface area contributed by atoms with Crippen molar-refractivity contribution in [3.05, 3.63) is 53.4 Å². The minimum absolute atomic E-state index is 0.117. The molecular formula is C25H34N2O5S2. The number of ether oxygens (including phenoxy) is 1. The molecule has 1 heterocycles. The highest BCUT2D eigenvalue weighted by Crippen LogP contribution is 2.31. The third-order valence-corrected chi connectivity index (χ3v) is 7.38. The lowest BCUT2D eigenvalue weighted by atomic mass is 9.84. The molecule has 2 rings (SSSR count). The van der Waals surface area contributed by atoms with Crippen molar-refractivity contribution in [2.45, 2.75) is 56.9 Å². The number of thiophene rings is 1. The van der Waals surface area contributed by atoms with Gasteiger partial charge in [0.05, 0.1) is 22.1 Å². The third kappa shape index (κ3) is 9.12. The summed E-state index contributed by atoms with van der Waals surface area (Å²) in [6, 6.07) is 12.3. The lowest BCUT2D eigenvalue weighted by molar-refractivity contribution is -0.152. The summed E-state index contributed by atoms with van der Waals surface area (Å²) in [5, 5.41) is 14.2. The summed E-state index contributed by atoms with van der Waals surface area (Å²) in [5.41, 5.74) is 2.61. The molecule has 0 spiro atoms. The van der Waals surface area contributed by atoms with Crippen molar-refractivity contribution in [3.63, 3.8) is 0 Å². The van der Waals surface area contributed by atoms with Gasteiger partial charge in [0.15, 0.2) is 0 Å². The van der Waals surface area contributed by atoms with Crippen molar-refractivity contribution in [1.29, 1.82) is 0 Å². The van der Waals surface area contributed by atoms with Gasteiger partial charge in [0.25, 0.3) is 0 Å². The van der Waals surface area contributed by atoms with Crippen LogP contribution in [0, 0.1) is 17.8 Å². The van der Waals surface area contributed by atoms with Gasteiger partial charge in [-0.15, -0.1) is 23.1 Å². The Bertz CT molecular complexity index is 903. The second-order valence-corrected chi connectivity index (χ2v) is 11.1. The first-order chi connectivity index (χ1) is 16.2. The Kier molecular flexibility index (Phi) is 11.6. The van der Waals surface area contributed by atoms with Crippen LogP contribution in [0.4, 0.5) is 0 Å². The summed E-state index contributed by atoms with van der Waals surface area (Å²) in [4.78, 5) is 38.9. The second-order valence-electron chi connectivity index (χ2n) is 8.80. The minimum Gasteiger partial charge on any atom is -0.461 e. The lowest BCUT2D eigenvalue weighted by Crippen LogP contribution is -2.50. The molecule has 1 aromatic carbocycles. The van der Waals surface area contributed by atoms with Gasteiger partial charge in [0.2, 0.25) is 11.8 Å². The Hall–Kier alpha value is -2.36. The second kappa shape index (κ2) is 14.1. The number of amides is 2. The fourth-order valence-corrected chi connectivity index (χ4v) is 5.57. The van der Waals surface area contributed by atoms with E-state index in [-0.39, 0.29) is 18.4 Å². The van der Waals surface area contributed by atoms with Crippen LogP contribution in [0.3, 0.4) is 0 Å². The molecule has 2 amide bonds. The smallest absolute Gasteiger partial charge is 0.329 e. The van der Waals surface area contributed by atoms with Crippen LogP contribution in [0.5, 0.6) is 0 Å². The molecule has 3 unspecified atom stereocenters. The van der Waals surface area contributed by atoms with E-state index in [9.17, 15) is 19.6 Å². The molecule has 0 aliphatic heterocycles. The number of esters is 1. The molecule has 3 N–H and O–H groups in total. The first kappa shape index (κ1) is 27.9. The summed E-state index contributed by atoms with van der Waals surface area (Å²) in [6.07, 6.45) is 0.365. The zero-order valence-corrected chi connectivity index (χ0v) is 21.7. The predicted octanol–water partition coefficient (Wildman–Crippen LogP) is 4.30. The predicted molar refractivity (Wildman–Crippen MR) is 135 cm³/mol. The number of benzene rings is 1. The van der Waals surface area contributed by atoms with E-state index in [0.717, 1.165) is 9.77 Å². The highest BCUT2D eigenvalue weighted by Gasteiger charge is 2.36. The van der Waals surface area contributed by atoms with E-state index in [0.29, 0.717) is 12.2 Å². The number of thioether (sulfide) groups is 1. The van der Waals surface area contributed by atoms with Crippen LogP contribution in [-0.2, 0) is 25.5 Å². The van der Waals surface area contributed by atoms with Crippen LogP contribution in [-0.4, -0.2) is 40.9 Å². The SMILES string of the molecule is CC(C)CC(C(=O)NC(Cc1ccccc1)C(=O)OC(C)C)C(CSc1cccs1)C(=O)NO. The van der Waals surface area contributed by atoms with Crippen LogP contribution in [0.2, 0.25) is 0 Å². The Morgan fingerprint density at radius 3 is 2.26 bits per heavy atom. The number of rotatable bonds is 13. The minimum atomic E-state index is -0.894. The molecule has 2 aromatic rings. The number of carbonyl (C=O) groups excluding carboxylic acids is 3. The molecule has 186 valence electrons. The Balaban J connectivity index is 2.26. The summed E-state index contributed by atoms with van der Waals surface area (Å²) >= 11 is 3.01. The van der Waals surface area contributed by atoms with Gasteiger partial charge < -0.3 is 10.1 Å². The average Bonchev–Trinajstić information content (AvgIpc) is 3.31. The Morgan fingerprint density at radius 2 is 1.71 bits per heavy atom. The fraction of sp³-hybridized carbons (Fsp3) is 0.480. The van der Waals surface area contributed by atoms with Gasteiger partial charge in [-0.05, 0) is 43.2 Å². The molecular weight excluding hydrogens is 472 g/mol. The maximum atomic E-state index is 13.5. The monoisotopic (exact) mass is 506 g/mol.